The molecule has 0 bridgehead atoms. The first-order valence-corrected chi connectivity index (χ1v) is 7.68. The highest BCUT2D eigenvalue weighted by atomic mass is 16.1. The first-order chi connectivity index (χ1) is 11.0. The molecule has 120 valence electrons. The number of primary amides is 1. The Kier molecular flexibility index (Phi) is 11.0. The summed E-state index contributed by atoms with van der Waals surface area (Å²) in [5.74, 6) is -0.407. The van der Waals surface area contributed by atoms with E-state index in [4.69, 9.17) is 19.0 Å². The fourth-order valence-corrected chi connectivity index (χ4v) is 1.66. The molecule has 3 N–H and O–H groups in total. The molecule has 2 aromatic rings. The molecule has 0 fully saturated rings. The third kappa shape index (κ3) is 8.00. The molecule has 0 saturated carbocycles. The van der Waals surface area contributed by atoms with Gasteiger partial charge in [0.05, 0.1) is 7.85 Å². The molecule has 0 aliphatic heterocycles. The maximum absolute atomic E-state index is 10.9. The summed E-state index contributed by atoms with van der Waals surface area (Å²) >= 11 is 0. The van der Waals surface area contributed by atoms with Gasteiger partial charge in [-0.25, -0.2) is 0 Å². The topological polar surface area (TPSA) is 66.9 Å². The highest BCUT2D eigenvalue weighted by Gasteiger charge is 2.01. The van der Waals surface area contributed by atoms with Gasteiger partial charge in [0.2, 0.25) is 5.91 Å². The fourth-order valence-electron chi connectivity index (χ4n) is 1.66. The quantitative estimate of drug-likeness (QED) is 0.648. The van der Waals surface area contributed by atoms with Crippen LogP contribution in [0.25, 0.3) is 11.1 Å². The predicted octanol–water partition coefficient (Wildman–Crippen LogP) is 4.19. The van der Waals surface area contributed by atoms with Gasteiger partial charge >= 0.3 is 0 Å². The third-order valence-corrected chi connectivity index (χ3v) is 2.69. The molecule has 2 aromatic carbocycles. The normalized spacial score (nSPS) is 8.83. The molecule has 4 heteroatoms. The molecule has 2 rings (SSSR count). The Labute approximate surface area is 140 Å². The van der Waals surface area contributed by atoms with Gasteiger partial charge in [-0.15, -0.1) is 0 Å². The lowest BCUT2D eigenvalue weighted by Gasteiger charge is -2.04. The van der Waals surface area contributed by atoms with Crippen LogP contribution in [0, 0.1) is 5.41 Å². The minimum atomic E-state index is -0.407. The Balaban J connectivity index is 0.000000704. The number of carbonyl (C=O) groups excluding carboxylic acids is 1. The van der Waals surface area contributed by atoms with E-state index in [2.05, 4.69) is 13.8 Å². The Morgan fingerprint density at radius 2 is 1.39 bits per heavy atom. The lowest BCUT2D eigenvalue weighted by Crippen LogP contribution is -2.10. The van der Waals surface area contributed by atoms with Crippen LogP contribution in [0.4, 0.5) is 0 Å². The molecule has 0 saturated heterocycles. The highest BCUT2D eigenvalue weighted by molar-refractivity contribution is 6.08. The Hall–Kier alpha value is -2.36. The Morgan fingerprint density at radius 1 is 1.04 bits per heavy atom. The van der Waals surface area contributed by atoms with Crippen LogP contribution in [0.1, 0.15) is 43.1 Å². The van der Waals surface area contributed by atoms with Crippen molar-refractivity contribution >= 4 is 20.0 Å². The molecule has 1 amide bonds. The van der Waals surface area contributed by atoms with Gasteiger partial charge in [-0.05, 0) is 36.4 Å². The Bertz CT molecular complexity index is 577. The van der Waals surface area contributed by atoms with Gasteiger partial charge in [0.1, 0.15) is 0 Å². The van der Waals surface area contributed by atoms with E-state index < -0.39 is 5.91 Å². The van der Waals surface area contributed by atoms with Gasteiger partial charge in [0, 0.05) is 5.56 Å². The number of hydrogen-bond donors (Lipinski definition) is 2. The van der Waals surface area contributed by atoms with E-state index in [9.17, 15) is 4.79 Å². The SMILES string of the molecule is CC=N.CCC.[B]Cc1ccc(-c2ccc(C(N)=O)cc2)cc1. The number of benzene rings is 2. The van der Waals surface area contributed by atoms with Crippen molar-refractivity contribution in [2.24, 2.45) is 5.73 Å². The van der Waals surface area contributed by atoms with Crippen LogP contribution in [-0.4, -0.2) is 20.0 Å². The minimum Gasteiger partial charge on any atom is -0.366 e. The van der Waals surface area contributed by atoms with Gasteiger partial charge in [0.25, 0.3) is 0 Å². The summed E-state index contributed by atoms with van der Waals surface area (Å²) in [6, 6.07) is 15.3. The van der Waals surface area contributed by atoms with Crippen molar-refractivity contribution < 1.29 is 4.79 Å². The van der Waals surface area contributed by atoms with Crippen molar-refractivity contribution in [2.45, 2.75) is 33.5 Å². The molecule has 2 radical (unpaired) electrons. The van der Waals surface area contributed by atoms with E-state index >= 15 is 0 Å². The van der Waals surface area contributed by atoms with Crippen LogP contribution in [0.5, 0.6) is 0 Å². The predicted molar refractivity (Wildman–Crippen MR) is 100 cm³/mol. The molecule has 3 nitrogen and oxygen atoms in total. The lowest BCUT2D eigenvalue weighted by atomic mass is 9.95. The Morgan fingerprint density at radius 3 is 1.70 bits per heavy atom. The summed E-state index contributed by atoms with van der Waals surface area (Å²) in [6.07, 6.45) is 3.04. The van der Waals surface area contributed by atoms with Crippen molar-refractivity contribution in [1.82, 2.24) is 0 Å². The zero-order valence-electron chi connectivity index (χ0n) is 14.2. The smallest absolute Gasteiger partial charge is 0.248 e. The molecule has 0 aliphatic carbocycles. The average molecular weight is 308 g/mol. The van der Waals surface area contributed by atoms with Crippen LogP contribution in [-0.2, 0) is 6.32 Å². The minimum absolute atomic E-state index is 0.407. The van der Waals surface area contributed by atoms with Gasteiger partial charge in [0.15, 0.2) is 0 Å². The van der Waals surface area contributed by atoms with Gasteiger partial charge in [-0.1, -0.05) is 68.6 Å². The zero-order chi connectivity index (χ0) is 17.7. The number of hydrogen-bond acceptors (Lipinski definition) is 2. The number of rotatable bonds is 3. The molecule has 0 atom stereocenters. The molecule has 0 aromatic heterocycles. The van der Waals surface area contributed by atoms with Crippen molar-refractivity contribution in [1.29, 1.82) is 5.41 Å². The van der Waals surface area contributed by atoms with Crippen LogP contribution >= 0.6 is 0 Å². The zero-order valence-corrected chi connectivity index (χ0v) is 14.2. The van der Waals surface area contributed by atoms with Gasteiger partial charge < -0.3 is 11.1 Å². The monoisotopic (exact) mass is 308 g/mol. The summed E-state index contributed by atoms with van der Waals surface area (Å²) in [6.45, 7) is 5.92. The number of carbonyl (C=O) groups is 1. The lowest BCUT2D eigenvalue weighted by molar-refractivity contribution is 0.100. The largest absolute Gasteiger partial charge is 0.366 e. The number of nitrogens with one attached hydrogen (secondary N) is 1. The molecule has 0 unspecified atom stereocenters. The van der Waals surface area contributed by atoms with Crippen LogP contribution < -0.4 is 5.73 Å². The summed E-state index contributed by atoms with van der Waals surface area (Å²) in [7, 11) is 5.54. The van der Waals surface area contributed by atoms with E-state index in [-0.39, 0.29) is 0 Å². The summed E-state index contributed by atoms with van der Waals surface area (Å²) < 4.78 is 0. The van der Waals surface area contributed by atoms with Gasteiger partial charge in [-0.2, -0.15) is 0 Å². The van der Waals surface area contributed by atoms with E-state index in [1.807, 2.05) is 36.4 Å². The van der Waals surface area contributed by atoms with Crippen LogP contribution in [0.3, 0.4) is 0 Å². The van der Waals surface area contributed by atoms with Crippen LogP contribution in [0.15, 0.2) is 48.5 Å². The van der Waals surface area contributed by atoms with E-state index in [0.29, 0.717) is 11.9 Å². The maximum atomic E-state index is 10.9. The first kappa shape index (κ1) is 20.6. The average Bonchev–Trinajstić information content (AvgIpc) is 2.56. The molecular formula is C19H25BN2O. The summed E-state index contributed by atoms with van der Waals surface area (Å²) in [5.41, 5.74) is 8.96. The fraction of sp³-hybridized carbons (Fsp3) is 0.263. The third-order valence-electron chi connectivity index (χ3n) is 2.69. The van der Waals surface area contributed by atoms with Crippen molar-refractivity contribution in [3.63, 3.8) is 0 Å². The second-order valence-corrected chi connectivity index (χ2v) is 4.84. The summed E-state index contributed by atoms with van der Waals surface area (Å²) in [5, 5.41) is 6.08. The molecule has 0 heterocycles. The first-order valence-electron chi connectivity index (χ1n) is 7.68. The molecule has 23 heavy (non-hydrogen) atoms. The van der Waals surface area contributed by atoms with Crippen LogP contribution in [0.2, 0.25) is 0 Å². The van der Waals surface area contributed by atoms with E-state index in [1.165, 1.54) is 12.6 Å². The number of amides is 1. The standard InChI is InChI=1S/C14H12BNO.C3H8.C2H5N/c15-9-10-1-3-11(4-2-10)12-5-7-13(8-6-12)14(16)17;1-3-2;1-2-3/h1-8H,9H2,(H2,16,17);3H2,1-2H3;2-3H,1H3. The molecular weight excluding hydrogens is 283 g/mol. The van der Waals surface area contributed by atoms with Crippen molar-refractivity contribution in [3.05, 3.63) is 59.7 Å². The second-order valence-electron chi connectivity index (χ2n) is 4.84. The molecule has 0 spiro atoms. The summed E-state index contributed by atoms with van der Waals surface area (Å²) in [4.78, 5) is 10.9. The van der Waals surface area contributed by atoms with E-state index in [0.717, 1.165) is 16.7 Å². The second kappa shape index (κ2) is 12.2. The van der Waals surface area contributed by atoms with E-state index in [1.54, 1.807) is 19.1 Å². The van der Waals surface area contributed by atoms with Crippen molar-refractivity contribution in [2.75, 3.05) is 0 Å². The molecule has 0 aliphatic rings. The van der Waals surface area contributed by atoms with Gasteiger partial charge in [-0.3, -0.25) is 4.79 Å². The maximum Gasteiger partial charge on any atom is 0.248 e. The number of nitrogens with two attached hydrogens (primary N) is 1. The van der Waals surface area contributed by atoms with Crippen molar-refractivity contribution in [3.8, 4) is 11.1 Å². The highest BCUT2D eigenvalue weighted by Crippen LogP contribution is 2.20.